The zero-order chi connectivity index (χ0) is 8.27. The van der Waals surface area contributed by atoms with Crippen molar-refractivity contribution < 1.29 is 13.5 Å². The van der Waals surface area contributed by atoms with Crippen LogP contribution in [-0.4, -0.2) is 5.97 Å². The smallest absolute Gasteiger partial charge is 0.343 e. The number of carbonyl (C=O) groups is 1. The van der Waals surface area contributed by atoms with E-state index in [9.17, 15) is 9.18 Å². The van der Waals surface area contributed by atoms with E-state index in [-0.39, 0.29) is 5.56 Å². The van der Waals surface area contributed by atoms with Crippen LogP contribution < -0.4 is 0 Å². The molecule has 0 aliphatic heterocycles. The zero-order valence-corrected chi connectivity index (χ0v) is 6.14. The first-order valence-corrected chi connectivity index (χ1v) is 3.13. The van der Waals surface area contributed by atoms with Gasteiger partial charge in [0.25, 0.3) is 0 Å². The standard InChI is InChI=1S/C7H4ClFO2/c8-11-7(10)5-2-1-3-6(9)4-5/h1-4H. The average molecular weight is 175 g/mol. The van der Waals surface area contributed by atoms with Gasteiger partial charge in [-0.1, -0.05) is 6.07 Å². The van der Waals surface area contributed by atoms with Crippen LogP contribution in [0.1, 0.15) is 10.4 Å². The van der Waals surface area contributed by atoms with Crippen molar-refractivity contribution >= 4 is 17.8 Å². The quantitative estimate of drug-likeness (QED) is 0.652. The monoisotopic (exact) mass is 174 g/mol. The first kappa shape index (κ1) is 8.01. The summed E-state index contributed by atoms with van der Waals surface area (Å²) >= 11 is 4.77. The highest BCUT2D eigenvalue weighted by atomic mass is 35.5. The largest absolute Gasteiger partial charge is 0.356 e. The summed E-state index contributed by atoms with van der Waals surface area (Å²) in [6, 6.07) is 5.09. The van der Waals surface area contributed by atoms with Crippen molar-refractivity contribution in [3.8, 4) is 0 Å². The van der Waals surface area contributed by atoms with Gasteiger partial charge in [-0.3, -0.25) is 0 Å². The van der Waals surface area contributed by atoms with E-state index >= 15 is 0 Å². The van der Waals surface area contributed by atoms with Gasteiger partial charge in [0.2, 0.25) is 0 Å². The van der Waals surface area contributed by atoms with E-state index in [0.717, 1.165) is 6.07 Å². The molecule has 0 atom stereocenters. The molecule has 0 unspecified atom stereocenters. The normalized spacial score (nSPS) is 9.27. The van der Waals surface area contributed by atoms with Gasteiger partial charge in [-0.05, 0) is 18.2 Å². The predicted molar refractivity (Wildman–Crippen MR) is 37.7 cm³/mol. The SMILES string of the molecule is O=C(OCl)c1cccc(F)c1. The molecule has 58 valence electrons. The summed E-state index contributed by atoms with van der Waals surface area (Å²) in [6.07, 6.45) is 0. The number of hydrogen-bond acceptors (Lipinski definition) is 2. The van der Waals surface area contributed by atoms with Gasteiger partial charge in [0.05, 0.1) is 5.56 Å². The average Bonchev–Trinajstić information content (AvgIpc) is 2.03. The molecular weight excluding hydrogens is 171 g/mol. The molecule has 0 radical (unpaired) electrons. The Bertz CT molecular complexity index is 275. The topological polar surface area (TPSA) is 26.3 Å². The molecule has 1 rings (SSSR count). The molecule has 0 amide bonds. The molecule has 0 heterocycles. The molecule has 1 aromatic rings. The number of carbonyl (C=O) groups excluding carboxylic acids is 1. The van der Waals surface area contributed by atoms with E-state index in [0.29, 0.717) is 0 Å². The molecular formula is C7H4ClFO2. The third-order valence-electron chi connectivity index (χ3n) is 1.13. The molecule has 0 saturated carbocycles. The maximum atomic E-state index is 12.4. The molecule has 11 heavy (non-hydrogen) atoms. The minimum absolute atomic E-state index is 0.0972. The summed E-state index contributed by atoms with van der Waals surface area (Å²) < 4.78 is 16.3. The lowest BCUT2D eigenvalue weighted by Gasteiger charge is -1.94. The molecule has 4 heteroatoms. The fourth-order valence-electron chi connectivity index (χ4n) is 0.660. The molecule has 0 bridgehead atoms. The summed E-state index contributed by atoms with van der Waals surface area (Å²) in [5.74, 6) is -1.25. The number of benzene rings is 1. The zero-order valence-electron chi connectivity index (χ0n) is 5.38. The Morgan fingerprint density at radius 1 is 1.55 bits per heavy atom. The Kier molecular flexibility index (Phi) is 2.44. The summed E-state index contributed by atoms with van der Waals surface area (Å²) in [5, 5.41) is 0. The summed E-state index contributed by atoms with van der Waals surface area (Å²) in [4.78, 5) is 10.6. The van der Waals surface area contributed by atoms with Crippen molar-refractivity contribution in [1.29, 1.82) is 0 Å². The van der Waals surface area contributed by atoms with Crippen LogP contribution in [0.25, 0.3) is 0 Å². The highest BCUT2D eigenvalue weighted by Gasteiger charge is 2.05. The molecule has 0 N–H and O–H groups in total. The van der Waals surface area contributed by atoms with Gasteiger partial charge in [-0.2, -0.15) is 0 Å². The maximum Gasteiger partial charge on any atom is 0.356 e. The molecule has 0 aliphatic rings. The van der Waals surface area contributed by atoms with Crippen LogP contribution in [-0.2, 0) is 4.29 Å². The summed E-state index contributed by atoms with van der Waals surface area (Å²) in [5.41, 5.74) is 0.0972. The molecule has 0 aromatic heterocycles. The van der Waals surface area contributed by atoms with Crippen LogP contribution in [0.3, 0.4) is 0 Å². The van der Waals surface area contributed by atoms with E-state index in [2.05, 4.69) is 4.29 Å². The Hall–Kier alpha value is -1.09. The van der Waals surface area contributed by atoms with E-state index in [1.165, 1.54) is 18.2 Å². The van der Waals surface area contributed by atoms with Crippen molar-refractivity contribution in [2.75, 3.05) is 0 Å². The molecule has 1 aromatic carbocycles. The van der Waals surface area contributed by atoms with E-state index in [1.807, 2.05) is 0 Å². The van der Waals surface area contributed by atoms with E-state index in [4.69, 9.17) is 11.9 Å². The van der Waals surface area contributed by atoms with Gasteiger partial charge in [0, 0.05) is 0 Å². The van der Waals surface area contributed by atoms with Gasteiger partial charge in [0.1, 0.15) is 17.7 Å². The van der Waals surface area contributed by atoms with Crippen molar-refractivity contribution in [3.05, 3.63) is 35.6 Å². The Morgan fingerprint density at radius 3 is 2.82 bits per heavy atom. The van der Waals surface area contributed by atoms with Crippen LogP contribution in [0.4, 0.5) is 4.39 Å². The Morgan fingerprint density at radius 2 is 2.27 bits per heavy atom. The highest BCUT2D eigenvalue weighted by Crippen LogP contribution is 2.05. The third kappa shape index (κ3) is 1.91. The van der Waals surface area contributed by atoms with E-state index < -0.39 is 11.8 Å². The van der Waals surface area contributed by atoms with Gasteiger partial charge in [-0.25, -0.2) is 9.18 Å². The third-order valence-corrected chi connectivity index (χ3v) is 1.27. The summed E-state index contributed by atoms with van der Waals surface area (Å²) in [6.45, 7) is 0. The molecule has 0 fully saturated rings. The van der Waals surface area contributed by atoms with Crippen molar-refractivity contribution in [1.82, 2.24) is 0 Å². The van der Waals surface area contributed by atoms with Crippen LogP contribution in [0.5, 0.6) is 0 Å². The van der Waals surface area contributed by atoms with Crippen molar-refractivity contribution in [2.24, 2.45) is 0 Å². The fraction of sp³-hybridized carbons (Fsp3) is 0. The lowest BCUT2D eigenvalue weighted by molar-refractivity contribution is 0.0751. The lowest BCUT2D eigenvalue weighted by atomic mass is 10.2. The van der Waals surface area contributed by atoms with Crippen molar-refractivity contribution in [2.45, 2.75) is 0 Å². The Balaban J connectivity index is 2.96. The first-order chi connectivity index (χ1) is 5.24. The fourth-order valence-corrected chi connectivity index (χ4v) is 0.749. The van der Waals surface area contributed by atoms with Crippen LogP contribution >= 0.6 is 11.9 Å². The van der Waals surface area contributed by atoms with E-state index in [1.54, 1.807) is 0 Å². The first-order valence-electron chi connectivity index (χ1n) is 2.82. The number of halogens is 2. The minimum atomic E-state index is -0.758. The predicted octanol–water partition coefficient (Wildman–Crippen LogP) is 2.14. The minimum Gasteiger partial charge on any atom is -0.343 e. The maximum absolute atomic E-state index is 12.4. The number of rotatable bonds is 1. The molecule has 0 spiro atoms. The second-order valence-corrected chi connectivity index (χ2v) is 2.03. The highest BCUT2D eigenvalue weighted by molar-refractivity contribution is 6.15. The molecule has 0 saturated heterocycles. The molecule has 0 aliphatic carbocycles. The second-order valence-electron chi connectivity index (χ2n) is 1.87. The Labute approximate surface area is 67.7 Å². The second kappa shape index (κ2) is 3.34. The van der Waals surface area contributed by atoms with Gasteiger partial charge in [0.15, 0.2) is 0 Å². The molecule has 2 nitrogen and oxygen atoms in total. The lowest BCUT2D eigenvalue weighted by Crippen LogP contribution is -1.97. The van der Waals surface area contributed by atoms with Crippen LogP contribution in [0.15, 0.2) is 24.3 Å². The number of hydrogen-bond donors (Lipinski definition) is 0. The van der Waals surface area contributed by atoms with Crippen molar-refractivity contribution in [3.63, 3.8) is 0 Å². The summed E-state index contributed by atoms with van der Waals surface area (Å²) in [7, 11) is 0. The van der Waals surface area contributed by atoms with Crippen LogP contribution in [0.2, 0.25) is 0 Å². The van der Waals surface area contributed by atoms with Gasteiger partial charge >= 0.3 is 5.97 Å². The van der Waals surface area contributed by atoms with Gasteiger partial charge < -0.3 is 4.29 Å². The van der Waals surface area contributed by atoms with Gasteiger partial charge in [-0.15, -0.1) is 0 Å². The van der Waals surface area contributed by atoms with Crippen LogP contribution in [0, 0.1) is 5.82 Å².